The maximum atomic E-state index is 9.56. The number of aryl methyl sites for hydroxylation is 1. The molecule has 14 heavy (non-hydrogen) atoms. The predicted octanol–water partition coefficient (Wildman–Crippen LogP) is 2.16. The SMILES string of the molecule is Cc1cncc(-c2ncccc2O)c1. The summed E-state index contributed by atoms with van der Waals surface area (Å²) in [5.41, 5.74) is 2.46. The monoisotopic (exact) mass is 186 g/mol. The van der Waals surface area contributed by atoms with Crippen LogP contribution in [0.1, 0.15) is 5.56 Å². The van der Waals surface area contributed by atoms with Crippen molar-refractivity contribution in [1.82, 2.24) is 9.97 Å². The maximum Gasteiger partial charge on any atom is 0.141 e. The van der Waals surface area contributed by atoms with Crippen molar-refractivity contribution in [2.75, 3.05) is 0 Å². The number of rotatable bonds is 1. The van der Waals surface area contributed by atoms with Crippen molar-refractivity contribution in [3.63, 3.8) is 0 Å². The zero-order valence-electron chi connectivity index (χ0n) is 7.81. The quantitative estimate of drug-likeness (QED) is 0.742. The molecule has 0 aliphatic carbocycles. The topological polar surface area (TPSA) is 46.0 Å². The molecule has 2 rings (SSSR count). The van der Waals surface area contributed by atoms with E-state index in [-0.39, 0.29) is 5.75 Å². The fraction of sp³-hybridized carbons (Fsp3) is 0.0909. The van der Waals surface area contributed by atoms with Crippen molar-refractivity contribution in [1.29, 1.82) is 0 Å². The molecule has 0 aliphatic rings. The van der Waals surface area contributed by atoms with E-state index in [9.17, 15) is 5.11 Å². The van der Waals surface area contributed by atoms with Crippen LogP contribution in [0.15, 0.2) is 36.8 Å². The summed E-state index contributed by atoms with van der Waals surface area (Å²) in [5.74, 6) is 0.180. The smallest absolute Gasteiger partial charge is 0.141 e. The number of aromatic hydroxyl groups is 1. The number of pyridine rings is 2. The van der Waals surface area contributed by atoms with Crippen molar-refractivity contribution >= 4 is 0 Å². The first-order valence-corrected chi connectivity index (χ1v) is 4.33. The molecule has 3 heteroatoms. The first kappa shape index (κ1) is 8.69. The van der Waals surface area contributed by atoms with Crippen LogP contribution in [0.2, 0.25) is 0 Å². The molecule has 0 aliphatic heterocycles. The van der Waals surface area contributed by atoms with Gasteiger partial charge in [0.1, 0.15) is 11.4 Å². The molecule has 2 heterocycles. The number of aromatic nitrogens is 2. The molecule has 0 spiro atoms. The summed E-state index contributed by atoms with van der Waals surface area (Å²) in [7, 11) is 0. The summed E-state index contributed by atoms with van der Waals surface area (Å²) < 4.78 is 0. The van der Waals surface area contributed by atoms with Crippen LogP contribution >= 0.6 is 0 Å². The van der Waals surface area contributed by atoms with E-state index in [4.69, 9.17) is 0 Å². The van der Waals surface area contributed by atoms with Gasteiger partial charge in [-0.25, -0.2) is 0 Å². The second-order valence-corrected chi connectivity index (χ2v) is 3.12. The van der Waals surface area contributed by atoms with Gasteiger partial charge in [0.15, 0.2) is 0 Å². The standard InChI is InChI=1S/C11H10N2O/c1-8-5-9(7-12-6-8)11-10(14)3-2-4-13-11/h2-7,14H,1H3. The lowest BCUT2D eigenvalue weighted by Gasteiger charge is -2.02. The van der Waals surface area contributed by atoms with Crippen molar-refractivity contribution < 1.29 is 5.11 Å². The van der Waals surface area contributed by atoms with Crippen molar-refractivity contribution in [3.8, 4) is 17.0 Å². The summed E-state index contributed by atoms with van der Waals surface area (Å²) >= 11 is 0. The molecule has 3 nitrogen and oxygen atoms in total. The highest BCUT2D eigenvalue weighted by molar-refractivity contribution is 5.64. The molecule has 0 saturated carbocycles. The highest BCUT2D eigenvalue weighted by Gasteiger charge is 2.04. The summed E-state index contributed by atoms with van der Waals surface area (Å²) in [6.07, 6.45) is 5.11. The van der Waals surface area contributed by atoms with Crippen molar-refractivity contribution in [2.24, 2.45) is 0 Å². The van der Waals surface area contributed by atoms with Gasteiger partial charge in [0, 0.05) is 24.2 Å². The predicted molar refractivity (Wildman–Crippen MR) is 53.9 cm³/mol. The van der Waals surface area contributed by atoms with Gasteiger partial charge in [-0.15, -0.1) is 0 Å². The summed E-state index contributed by atoms with van der Waals surface area (Å²) in [5, 5.41) is 9.56. The van der Waals surface area contributed by atoms with Crippen LogP contribution in [0.4, 0.5) is 0 Å². The first-order valence-electron chi connectivity index (χ1n) is 4.33. The normalized spacial score (nSPS) is 10.1. The molecule has 0 bridgehead atoms. The fourth-order valence-corrected chi connectivity index (χ4v) is 1.30. The molecule has 2 aromatic rings. The Hall–Kier alpha value is -1.90. The summed E-state index contributed by atoms with van der Waals surface area (Å²) in [6.45, 7) is 1.95. The van der Waals surface area contributed by atoms with Gasteiger partial charge < -0.3 is 5.11 Å². The molecular formula is C11H10N2O. The minimum Gasteiger partial charge on any atom is -0.506 e. The third-order valence-electron chi connectivity index (χ3n) is 1.93. The van der Waals surface area contributed by atoms with Gasteiger partial charge in [0.25, 0.3) is 0 Å². The molecule has 0 fully saturated rings. The maximum absolute atomic E-state index is 9.56. The molecule has 0 unspecified atom stereocenters. The van der Waals surface area contributed by atoms with Crippen LogP contribution in [0, 0.1) is 6.92 Å². The number of nitrogens with zero attached hydrogens (tertiary/aromatic N) is 2. The third-order valence-corrected chi connectivity index (χ3v) is 1.93. The molecule has 0 amide bonds. The van der Waals surface area contributed by atoms with E-state index >= 15 is 0 Å². The Morgan fingerprint density at radius 1 is 1.29 bits per heavy atom. The van der Waals surface area contributed by atoms with Crippen LogP contribution in [0.25, 0.3) is 11.3 Å². The second kappa shape index (κ2) is 3.46. The molecule has 70 valence electrons. The lowest BCUT2D eigenvalue weighted by atomic mass is 10.1. The summed E-state index contributed by atoms with van der Waals surface area (Å²) in [4.78, 5) is 8.15. The highest BCUT2D eigenvalue weighted by Crippen LogP contribution is 2.25. The first-order chi connectivity index (χ1) is 6.77. The van der Waals surface area contributed by atoms with E-state index in [0.29, 0.717) is 5.69 Å². The van der Waals surface area contributed by atoms with E-state index in [0.717, 1.165) is 11.1 Å². The average Bonchev–Trinajstić information content (AvgIpc) is 2.18. The van der Waals surface area contributed by atoms with Crippen LogP contribution in [0.3, 0.4) is 0 Å². The third kappa shape index (κ3) is 1.57. The molecule has 2 aromatic heterocycles. The van der Waals surface area contributed by atoms with E-state index in [1.807, 2.05) is 13.0 Å². The summed E-state index contributed by atoms with van der Waals surface area (Å²) in [6, 6.07) is 5.25. The Morgan fingerprint density at radius 2 is 2.14 bits per heavy atom. The van der Waals surface area contributed by atoms with Gasteiger partial charge in [-0.05, 0) is 30.7 Å². The molecular weight excluding hydrogens is 176 g/mol. The van der Waals surface area contributed by atoms with Gasteiger partial charge in [-0.1, -0.05) is 0 Å². The van der Waals surface area contributed by atoms with Crippen LogP contribution < -0.4 is 0 Å². The van der Waals surface area contributed by atoms with Crippen molar-refractivity contribution in [3.05, 3.63) is 42.4 Å². The molecule has 0 atom stereocenters. The van der Waals surface area contributed by atoms with Crippen LogP contribution in [-0.2, 0) is 0 Å². The molecule has 0 aromatic carbocycles. The Labute approximate surface area is 82.1 Å². The zero-order valence-corrected chi connectivity index (χ0v) is 7.81. The lowest BCUT2D eigenvalue weighted by molar-refractivity contribution is 0.475. The number of hydrogen-bond donors (Lipinski definition) is 1. The Kier molecular flexibility index (Phi) is 2.14. The molecule has 0 saturated heterocycles. The van der Waals surface area contributed by atoms with Gasteiger partial charge >= 0.3 is 0 Å². The van der Waals surface area contributed by atoms with E-state index in [1.165, 1.54) is 0 Å². The minimum atomic E-state index is 0.180. The molecule has 0 radical (unpaired) electrons. The van der Waals surface area contributed by atoms with Gasteiger partial charge in [0.2, 0.25) is 0 Å². The molecule has 1 N–H and O–H groups in total. The van der Waals surface area contributed by atoms with Crippen molar-refractivity contribution in [2.45, 2.75) is 6.92 Å². The van der Waals surface area contributed by atoms with Gasteiger partial charge in [-0.2, -0.15) is 0 Å². The van der Waals surface area contributed by atoms with Crippen LogP contribution in [-0.4, -0.2) is 15.1 Å². The van der Waals surface area contributed by atoms with Crippen LogP contribution in [0.5, 0.6) is 5.75 Å². The van der Waals surface area contributed by atoms with E-state index in [2.05, 4.69) is 9.97 Å². The fourth-order valence-electron chi connectivity index (χ4n) is 1.30. The lowest BCUT2D eigenvalue weighted by Crippen LogP contribution is -1.86. The van der Waals surface area contributed by atoms with E-state index in [1.54, 1.807) is 30.7 Å². The minimum absolute atomic E-state index is 0.180. The Bertz CT molecular complexity index is 455. The Morgan fingerprint density at radius 3 is 2.86 bits per heavy atom. The largest absolute Gasteiger partial charge is 0.506 e. The Balaban J connectivity index is 2.55. The highest BCUT2D eigenvalue weighted by atomic mass is 16.3. The number of hydrogen-bond acceptors (Lipinski definition) is 3. The van der Waals surface area contributed by atoms with Gasteiger partial charge in [0.05, 0.1) is 0 Å². The zero-order chi connectivity index (χ0) is 9.97. The van der Waals surface area contributed by atoms with Gasteiger partial charge in [-0.3, -0.25) is 9.97 Å². The second-order valence-electron chi connectivity index (χ2n) is 3.12. The average molecular weight is 186 g/mol. The van der Waals surface area contributed by atoms with E-state index < -0.39 is 0 Å².